The molecule has 2 atom stereocenters. The van der Waals surface area contributed by atoms with Crippen molar-refractivity contribution in [1.29, 1.82) is 0 Å². The highest BCUT2D eigenvalue weighted by Gasteiger charge is 2.55. The van der Waals surface area contributed by atoms with Crippen molar-refractivity contribution in [3.8, 4) is 0 Å². The number of rotatable bonds is 4. The maximum atomic E-state index is 13.5. The predicted octanol–water partition coefficient (Wildman–Crippen LogP) is 1.90. The molecule has 28 heavy (non-hydrogen) atoms. The fraction of sp³-hybridized carbons (Fsp3) is 0.167. The molecule has 0 radical (unpaired) electrons. The molecular weight excluding hydrogens is 372 g/mol. The molecule has 0 bridgehead atoms. The first-order chi connectivity index (χ1) is 13.4. The molecule has 1 N–H and O–H groups in total. The average molecular weight is 385 g/mol. The molecule has 0 unspecified atom stereocenters. The van der Waals surface area contributed by atoms with E-state index in [4.69, 9.17) is 0 Å². The van der Waals surface area contributed by atoms with E-state index in [1.165, 1.54) is 36.4 Å². The first kappa shape index (κ1) is 17.7. The second-order valence-electron chi connectivity index (χ2n) is 6.24. The number of benzene rings is 2. The molecule has 3 amide bonds. The second-order valence-corrected chi connectivity index (χ2v) is 6.24. The number of imide groups is 1. The predicted molar refractivity (Wildman–Crippen MR) is 93.1 cm³/mol. The number of hydrogen-bond donors (Lipinski definition) is 1. The summed E-state index contributed by atoms with van der Waals surface area (Å²) < 4.78 is 26.7. The molecule has 4 rings (SSSR count). The van der Waals surface area contributed by atoms with Crippen LogP contribution in [0.4, 0.5) is 20.2 Å². The van der Waals surface area contributed by atoms with Gasteiger partial charge < -0.3 is 5.32 Å². The van der Waals surface area contributed by atoms with Crippen LogP contribution in [-0.4, -0.2) is 41.4 Å². The SMILES string of the molecule is O=C(CN1N=N[C@@H]2C(=O)N(c3cccc(F)c3)C(=O)[C@H]21)Nc1cccc(F)c1. The minimum absolute atomic E-state index is 0.0868. The van der Waals surface area contributed by atoms with E-state index in [0.717, 1.165) is 22.0 Å². The number of carbonyl (C=O) groups is 3. The summed E-state index contributed by atoms with van der Waals surface area (Å²) in [6.45, 7) is -0.364. The van der Waals surface area contributed by atoms with Crippen molar-refractivity contribution in [2.24, 2.45) is 10.3 Å². The van der Waals surface area contributed by atoms with Crippen LogP contribution in [0.3, 0.4) is 0 Å². The van der Waals surface area contributed by atoms with Gasteiger partial charge in [-0.25, -0.2) is 13.7 Å². The number of nitrogens with one attached hydrogen (secondary N) is 1. The maximum Gasteiger partial charge on any atom is 0.263 e. The molecule has 142 valence electrons. The number of fused-ring (bicyclic) bond motifs is 1. The lowest BCUT2D eigenvalue weighted by Gasteiger charge is -2.20. The number of halogens is 2. The fourth-order valence-corrected chi connectivity index (χ4v) is 3.14. The minimum atomic E-state index is -1.10. The Hall–Kier alpha value is -3.69. The van der Waals surface area contributed by atoms with Gasteiger partial charge in [0, 0.05) is 5.69 Å². The van der Waals surface area contributed by atoms with E-state index < -0.39 is 41.4 Å². The highest BCUT2D eigenvalue weighted by Crippen LogP contribution is 2.31. The van der Waals surface area contributed by atoms with Crippen LogP contribution < -0.4 is 10.2 Å². The summed E-state index contributed by atoms with van der Waals surface area (Å²) in [5.41, 5.74) is 0.330. The van der Waals surface area contributed by atoms with Gasteiger partial charge in [0.1, 0.15) is 18.2 Å². The van der Waals surface area contributed by atoms with E-state index in [1.807, 2.05) is 0 Å². The van der Waals surface area contributed by atoms with Crippen LogP contribution in [0.5, 0.6) is 0 Å². The zero-order chi connectivity index (χ0) is 19.8. The Morgan fingerprint density at radius 3 is 2.46 bits per heavy atom. The van der Waals surface area contributed by atoms with Gasteiger partial charge in [0.2, 0.25) is 5.91 Å². The van der Waals surface area contributed by atoms with E-state index in [0.29, 0.717) is 0 Å². The molecule has 0 spiro atoms. The van der Waals surface area contributed by atoms with Gasteiger partial charge in [0.05, 0.1) is 5.69 Å². The average Bonchev–Trinajstić information content (AvgIpc) is 3.15. The maximum absolute atomic E-state index is 13.5. The first-order valence-corrected chi connectivity index (χ1v) is 8.30. The largest absolute Gasteiger partial charge is 0.324 e. The van der Waals surface area contributed by atoms with Crippen LogP contribution in [0.25, 0.3) is 0 Å². The van der Waals surface area contributed by atoms with Crippen molar-refractivity contribution in [2.45, 2.75) is 12.1 Å². The summed E-state index contributed by atoms with van der Waals surface area (Å²) in [5, 5.41) is 11.1. The van der Waals surface area contributed by atoms with Crippen molar-refractivity contribution >= 4 is 29.1 Å². The second kappa shape index (κ2) is 6.80. The molecule has 0 saturated carbocycles. The Labute approximate surface area is 157 Å². The van der Waals surface area contributed by atoms with Gasteiger partial charge in [-0.2, -0.15) is 5.11 Å². The third-order valence-corrected chi connectivity index (χ3v) is 4.34. The Morgan fingerprint density at radius 1 is 1.04 bits per heavy atom. The van der Waals surface area contributed by atoms with Crippen LogP contribution in [0.15, 0.2) is 58.9 Å². The number of carbonyl (C=O) groups excluding carboxylic acids is 3. The van der Waals surface area contributed by atoms with Gasteiger partial charge in [-0.1, -0.05) is 17.4 Å². The molecule has 10 heteroatoms. The molecule has 1 saturated heterocycles. The minimum Gasteiger partial charge on any atom is -0.324 e. The molecular formula is C18H13F2N5O3. The number of nitrogens with zero attached hydrogens (tertiary/aromatic N) is 4. The smallest absolute Gasteiger partial charge is 0.263 e. The lowest BCUT2D eigenvalue weighted by molar-refractivity contribution is -0.123. The molecule has 8 nitrogen and oxygen atoms in total. The van der Waals surface area contributed by atoms with E-state index >= 15 is 0 Å². The molecule has 2 aromatic rings. The van der Waals surface area contributed by atoms with Crippen molar-refractivity contribution in [3.63, 3.8) is 0 Å². The summed E-state index contributed by atoms with van der Waals surface area (Å²) in [4.78, 5) is 38.3. The Balaban J connectivity index is 1.49. The Kier molecular flexibility index (Phi) is 4.30. The van der Waals surface area contributed by atoms with Crippen molar-refractivity contribution < 1.29 is 23.2 Å². The molecule has 2 aromatic carbocycles. The Bertz CT molecular complexity index is 1010. The number of amides is 3. The highest BCUT2D eigenvalue weighted by atomic mass is 19.1. The standard InChI is InChI=1S/C18H13F2N5O3/c19-10-3-1-5-12(7-10)21-14(26)9-24-16-15(22-23-24)17(27)25(18(16)28)13-6-2-4-11(20)8-13/h1-8,15-16H,9H2,(H,21,26)/t15-,16-/m0/s1. The van der Waals surface area contributed by atoms with Crippen LogP contribution >= 0.6 is 0 Å². The van der Waals surface area contributed by atoms with E-state index in [2.05, 4.69) is 15.7 Å². The molecule has 2 aliphatic heterocycles. The van der Waals surface area contributed by atoms with Gasteiger partial charge in [-0.15, -0.1) is 0 Å². The summed E-state index contributed by atoms with van der Waals surface area (Å²) in [6.07, 6.45) is 0. The third kappa shape index (κ3) is 3.08. The van der Waals surface area contributed by atoms with Crippen LogP contribution in [0, 0.1) is 11.6 Å². The Morgan fingerprint density at radius 2 is 1.75 bits per heavy atom. The van der Waals surface area contributed by atoms with Crippen molar-refractivity contribution in [1.82, 2.24) is 5.01 Å². The molecule has 1 fully saturated rings. The first-order valence-electron chi connectivity index (χ1n) is 8.30. The molecule has 0 aromatic heterocycles. The summed E-state index contributed by atoms with van der Waals surface area (Å²) in [5.74, 6) is -2.96. The summed E-state index contributed by atoms with van der Waals surface area (Å²) >= 11 is 0. The number of hydrogen-bond acceptors (Lipinski definition) is 6. The topological polar surface area (TPSA) is 94.4 Å². The zero-order valence-corrected chi connectivity index (χ0v) is 14.3. The van der Waals surface area contributed by atoms with Gasteiger partial charge >= 0.3 is 0 Å². The normalized spacial score (nSPS) is 20.6. The summed E-state index contributed by atoms with van der Waals surface area (Å²) in [7, 11) is 0. The van der Waals surface area contributed by atoms with Crippen LogP contribution in [-0.2, 0) is 14.4 Å². The molecule has 2 aliphatic rings. The van der Waals surface area contributed by atoms with E-state index in [1.54, 1.807) is 0 Å². The lowest BCUT2D eigenvalue weighted by Crippen LogP contribution is -2.43. The molecule has 2 heterocycles. The summed E-state index contributed by atoms with van der Waals surface area (Å²) in [6, 6.07) is 8.20. The number of anilines is 2. The van der Waals surface area contributed by atoms with Gasteiger partial charge in [0.15, 0.2) is 12.1 Å². The lowest BCUT2D eigenvalue weighted by atomic mass is 10.1. The van der Waals surface area contributed by atoms with Gasteiger partial charge in [-0.3, -0.25) is 19.4 Å². The van der Waals surface area contributed by atoms with Crippen LogP contribution in [0.1, 0.15) is 0 Å². The van der Waals surface area contributed by atoms with E-state index in [-0.39, 0.29) is 17.9 Å². The highest BCUT2D eigenvalue weighted by molar-refractivity contribution is 6.25. The zero-order valence-electron chi connectivity index (χ0n) is 14.3. The third-order valence-electron chi connectivity index (χ3n) is 4.34. The fourth-order valence-electron chi connectivity index (χ4n) is 3.14. The van der Waals surface area contributed by atoms with Crippen molar-refractivity contribution in [3.05, 3.63) is 60.2 Å². The van der Waals surface area contributed by atoms with Crippen molar-refractivity contribution in [2.75, 3.05) is 16.8 Å². The van der Waals surface area contributed by atoms with Gasteiger partial charge in [-0.05, 0) is 36.4 Å². The quantitative estimate of drug-likeness (QED) is 0.814. The monoisotopic (exact) mass is 385 g/mol. The van der Waals surface area contributed by atoms with Crippen LogP contribution in [0.2, 0.25) is 0 Å². The molecule has 0 aliphatic carbocycles. The van der Waals surface area contributed by atoms with E-state index in [9.17, 15) is 23.2 Å². The van der Waals surface area contributed by atoms with Gasteiger partial charge in [0.25, 0.3) is 11.8 Å².